The average Bonchev–Trinajstić information content (AvgIpc) is 3.08. The van der Waals surface area contributed by atoms with Crippen LogP contribution in [0.4, 0.5) is 5.69 Å². The van der Waals surface area contributed by atoms with E-state index in [9.17, 15) is 0 Å². The van der Waals surface area contributed by atoms with Crippen molar-refractivity contribution in [3.05, 3.63) is 24.0 Å². The summed E-state index contributed by atoms with van der Waals surface area (Å²) in [7, 11) is 1.59. The number of nitrogens with two attached hydrogens (primary N) is 1. The van der Waals surface area contributed by atoms with Gasteiger partial charge in [0.15, 0.2) is 5.82 Å². The van der Waals surface area contributed by atoms with Gasteiger partial charge >= 0.3 is 0 Å². The Kier molecular flexibility index (Phi) is 2.24. The van der Waals surface area contributed by atoms with Gasteiger partial charge in [0.2, 0.25) is 0 Å². The number of methoxy groups -OCH3 is 1. The third kappa shape index (κ3) is 1.84. The number of hydrogen-bond acceptors (Lipinski definition) is 5. The first-order valence-corrected chi connectivity index (χ1v) is 5.55. The van der Waals surface area contributed by atoms with E-state index >= 15 is 0 Å². The zero-order valence-corrected chi connectivity index (χ0v) is 9.51. The van der Waals surface area contributed by atoms with Crippen molar-refractivity contribution in [1.82, 2.24) is 10.1 Å². The third-order valence-corrected chi connectivity index (χ3v) is 2.84. The molecular formula is C12H13N3O2. The number of benzene rings is 1. The number of ether oxygens (including phenoxy) is 1. The van der Waals surface area contributed by atoms with Gasteiger partial charge in [-0.1, -0.05) is 5.16 Å². The van der Waals surface area contributed by atoms with Crippen molar-refractivity contribution in [2.24, 2.45) is 0 Å². The summed E-state index contributed by atoms with van der Waals surface area (Å²) in [6.07, 6.45) is 2.30. The Morgan fingerprint density at radius 2 is 2.24 bits per heavy atom. The molecular weight excluding hydrogens is 218 g/mol. The van der Waals surface area contributed by atoms with Crippen LogP contribution in [0.2, 0.25) is 0 Å². The number of nitrogen functional groups attached to an aromatic ring is 1. The summed E-state index contributed by atoms with van der Waals surface area (Å²) in [5, 5.41) is 3.98. The molecule has 1 heterocycles. The molecule has 1 saturated carbocycles. The van der Waals surface area contributed by atoms with Gasteiger partial charge in [-0.3, -0.25) is 0 Å². The predicted molar refractivity (Wildman–Crippen MR) is 62.7 cm³/mol. The molecule has 0 saturated heterocycles. The summed E-state index contributed by atoms with van der Waals surface area (Å²) in [6.45, 7) is 0. The van der Waals surface area contributed by atoms with E-state index in [1.165, 1.54) is 0 Å². The number of aromatic nitrogens is 2. The maximum atomic E-state index is 5.70. The number of nitrogens with zero attached hydrogens (tertiary/aromatic N) is 2. The molecule has 5 nitrogen and oxygen atoms in total. The molecule has 1 aliphatic carbocycles. The largest absolute Gasteiger partial charge is 0.496 e. The van der Waals surface area contributed by atoms with Gasteiger partial charge in [0.25, 0.3) is 5.89 Å². The molecule has 2 N–H and O–H groups in total. The summed E-state index contributed by atoms with van der Waals surface area (Å²) in [6, 6.07) is 5.37. The highest BCUT2D eigenvalue weighted by Gasteiger charge is 2.29. The van der Waals surface area contributed by atoms with E-state index in [4.69, 9.17) is 15.0 Å². The average molecular weight is 231 g/mol. The third-order valence-electron chi connectivity index (χ3n) is 2.84. The van der Waals surface area contributed by atoms with Crippen molar-refractivity contribution >= 4 is 5.69 Å². The second-order valence-electron chi connectivity index (χ2n) is 4.19. The number of hydrogen-bond donors (Lipinski definition) is 1. The highest BCUT2D eigenvalue weighted by atomic mass is 16.5. The van der Waals surface area contributed by atoms with E-state index in [1.807, 2.05) is 6.07 Å². The Balaban J connectivity index is 2.01. The van der Waals surface area contributed by atoms with Gasteiger partial charge in [-0.2, -0.15) is 4.98 Å². The van der Waals surface area contributed by atoms with Crippen molar-refractivity contribution in [1.29, 1.82) is 0 Å². The SMILES string of the molecule is COc1cc(N)ccc1-c1nc(C2CC2)no1. The maximum absolute atomic E-state index is 5.70. The van der Waals surface area contributed by atoms with E-state index in [1.54, 1.807) is 19.2 Å². The van der Waals surface area contributed by atoms with Crippen molar-refractivity contribution in [3.63, 3.8) is 0 Å². The van der Waals surface area contributed by atoms with Crippen molar-refractivity contribution in [2.75, 3.05) is 12.8 Å². The first-order chi connectivity index (χ1) is 8.28. The molecule has 0 amide bonds. The molecule has 0 bridgehead atoms. The number of anilines is 1. The van der Waals surface area contributed by atoms with E-state index in [0.717, 1.165) is 24.2 Å². The quantitative estimate of drug-likeness (QED) is 0.820. The highest BCUT2D eigenvalue weighted by Crippen LogP contribution is 2.39. The predicted octanol–water partition coefficient (Wildman–Crippen LogP) is 2.20. The molecule has 0 aliphatic heterocycles. The van der Waals surface area contributed by atoms with Gasteiger partial charge in [0.1, 0.15) is 5.75 Å². The van der Waals surface area contributed by atoms with Crippen LogP contribution in [0.25, 0.3) is 11.5 Å². The van der Waals surface area contributed by atoms with Crippen LogP contribution in [-0.2, 0) is 0 Å². The second kappa shape index (κ2) is 3.76. The van der Waals surface area contributed by atoms with Crippen LogP contribution in [0.5, 0.6) is 5.75 Å². The van der Waals surface area contributed by atoms with Gasteiger partial charge < -0.3 is 15.0 Å². The van der Waals surface area contributed by atoms with E-state index < -0.39 is 0 Å². The summed E-state index contributed by atoms with van der Waals surface area (Å²) >= 11 is 0. The molecule has 0 unspecified atom stereocenters. The van der Waals surface area contributed by atoms with Crippen LogP contribution in [0.3, 0.4) is 0 Å². The molecule has 0 atom stereocenters. The normalized spacial score (nSPS) is 14.9. The van der Waals surface area contributed by atoms with Gasteiger partial charge in [-0.15, -0.1) is 0 Å². The fourth-order valence-corrected chi connectivity index (χ4v) is 1.74. The Hall–Kier alpha value is -2.04. The fraction of sp³-hybridized carbons (Fsp3) is 0.333. The zero-order valence-electron chi connectivity index (χ0n) is 9.51. The van der Waals surface area contributed by atoms with E-state index in [2.05, 4.69) is 10.1 Å². The minimum Gasteiger partial charge on any atom is -0.496 e. The topological polar surface area (TPSA) is 74.2 Å². The fourth-order valence-electron chi connectivity index (χ4n) is 1.74. The van der Waals surface area contributed by atoms with E-state index in [-0.39, 0.29) is 0 Å². The van der Waals surface area contributed by atoms with Crippen LogP contribution in [0.1, 0.15) is 24.6 Å². The first-order valence-electron chi connectivity index (χ1n) is 5.55. The Morgan fingerprint density at radius 3 is 2.94 bits per heavy atom. The number of rotatable bonds is 3. The summed E-state index contributed by atoms with van der Waals surface area (Å²) < 4.78 is 10.5. The van der Waals surface area contributed by atoms with E-state index in [0.29, 0.717) is 23.2 Å². The van der Waals surface area contributed by atoms with Crippen LogP contribution in [-0.4, -0.2) is 17.3 Å². The Morgan fingerprint density at radius 1 is 1.41 bits per heavy atom. The van der Waals surface area contributed by atoms with Gasteiger partial charge in [-0.25, -0.2) is 0 Å². The zero-order chi connectivity index (χ0) is 11.8. The highest BCUT2D eigenvalue weighted by molar-refractivity contribution is 5.66. The molecule has 3 rings (SSSR count). The van der Waals surface area contributed by atoms with Crippen LogP contribution in [0, 0.1) is 0 Å². The van der Waals surface area contributed by atoms with Crippen LogP contribution >= 0.6 is 0 Å². The smallest absolute Gasteiger partial charge is 0.261 e. The monoisotopic (exact) mass is 231 g/mol. The standard InChI is InChI=1S/C12H13N3O2/c1-16-10-6-8(13)4-5-9(10)12-14-11(15-17-12)7-2-3-7/h4-7H,2-3,13H2,1H3. The lowest BCUT2D eigenvalue weighted by Gasteiger charge is -2.05. The molecule has 17 heavy (non-hydrogen) atoms. The Bertz CT molecular complexity index is 546. The molecule has 1 fully saturated rings. The summed E-state index contributed by atoms with van der Waals surface area (Å²) in [4.78, 5) is 4.38. The minimum absolute atomic E-state index is 0.479. The van der Waals surface area contributed by atoms with Crippen LogP contribution < -0.4 is 10.5 Å². The van der Waals surface area contributed by atoms with Gasteiger partial charge in [-0.05, 0) is 25.0 Å². The van der Waals surface area contributed by atoms with Gasteiger partial charge in [0.05, 0.1) is 12.7 Å². The van der Waals surface area contributed by atoms with Crippen molar-refractivity contribution in [2.45, 2.75) is 18.8 Å². The minimum atomic E-state index is 0.479. The molecule has 1 aromatic heterocycles. The van der Waals surface area contributed by atoms with Crippen molar-refractivity contribution in [3.8, 4) is 17.2 Å². The molecule has 0 spiro atoms. The summed E-state index contributed by atoms with van der Waals surface area (Å²) in [5.41, 5.74) is 7.12. The molecule has 1 aliphatic rings. The second-order valence-corrected chi connectivity index (χ2v) is 4.19. The Labute approximate surface area is 98.6 Å². The van der Waals surface area contributed by atoms with Crippen LogP contribution in [0.15, 0.2) is 22.7 Å². The molecule has 88 valence electrons. The lowest BCUT2D eigenvalue weighted by atomic mass is 10.2. The molecule has 2 aromatic rings. The first kappa shape index (κ1) is 10.1. The maximum Gasteiger partial charge on any atom is 0.261 e. The molecule has 5 heteroatoms. The molecule has 0 radical (unpaired) electrons. The lowest BCUT2D eigenvalue weighted by Crippen LogP contribution is -1.91. The summed E-state index contributed by atoms with van der Waals surface area (Å²) in [5.74, 6) is 2.41. The van der Waals surface area contributed by atoms with Gasteiger partial charge in [0, 0.05) is 17.7 Å². The lowest BCUT2D eigenvalue weighted by molar-refractivity contribution is 0.403. The molecule has 1 aromatic carbocycles. The van der Waals surface area contributed by atoms with Crippen molar-refractivity contribution < 1.29 is 9.26 Å².